The van der Waals surface area contributed by atoms with Crippen molar-refractivity contribution < 1.29 is 37.6 Å². The highest BCUT2D eigenvalue weighted by molar-refractivity contribution is 7.47. The van der Waals surface area contributed by atoms with Crippen molar-refractivity contribution in [3.05, 3.63) is 60.8 Å². The molecule has 10 heteroatoms. The fraction of sp³-hybridized carbons (Fsp3) is 0.733. The van der Waals surface area contributed by atoms with E-state index in [2.05, 4.69) is 74.6 Å². The first-order valence-electron chi connectivity index (χ1n) is 21.6. The summed E-state index contributed by atoms with van der Waals surface area (Å²) in [4.78, 5) is 37.0. The van der Waals surface area contributed by atoms with E-state index < -0.39 is 32.5 Å². The molecule has 2 unspecified atom stereocenters. The Morgan fingerprint density at radius 2 is 0.982 bits per heavy atom. The average molecular weight is 794 g/mol. The van der Waals surface area contributed by atoms with E-state index in [0.717, 1.165) is 77.0 Å². The molecule has 0 aromatic carbocycles. The van der Waals surface area contributed by atoms with Crippen LogP contribution < -0.4 is 0 Å². The number of rotatable bonds is 39. The van der Waals surface area contributed by atoms with Gasteiger partial charge in [-0.3, -0.25) is 18.6 Å². The van der Waals surface area contributed by atoms with Crippen LogP contribution in [0.5, 0.6) is 0 Å². The first kappa shape index (κ1) is 52.7. The third-order valence-electron chi connectivity index (χ3n) is 8.80. The number of phosphoric acid groups is 1. The molecular weight excluding hydrogens is 713 g/mol. The van der Waals surface area contributed by atoms with Gasteiger partial charge in [0.25, 0.3) is 0 Å². The Kier molecular flexibility index (Phi) is 38.3. The first-order chi connectivity index (χ1) is 26.7. The van der Waals surface area contributed by atoms with Gasteiger partial charge in [-0.1, -0.05) is 132 Å². The van der Waals surface area contributed by atoms with Crippen molar-refractivity contribution in [3.63, 3.8) is 0 Å². The Morgan fingerprint density at radius 3 is 1.53 bits per heavy atom. The lowest BCUT2D eigenvalue weighted by Crippen LogP contribution is -2.29. The molecule has 55 heavy (non-hydrogen) atoms. The van der Waals surface area contributed by atoms with E-state index >= 15 is 0 Å². The predicted octanol–water partition coefficient (Wildman–Crippen LogP) is 12.3. The van der Waals surface area contributed by atoms with Gasteiger partial charge in [-0.05, 0) is 97.6 Å². The lowest BCUT2D eigenvalue weighted by atomic mass is 10.1. The molecule has 0 radical (unpaired) electrons. The number of nitrogens with zero attached hydrogens (tertiary/aromatic N) is 1. The molecule has 1 N–H and O–H groups in total. The van der Waals surface area contributed by atoms with Crippen molar-refractivity contribution in [1.82, 2.24) is 4.90 Å². The maximum Gasteiger partial charge on any atom is 0.472 e. The third kappa shape index (κ3) is 41.2. The summed E-state index contributed by atoms with van der Waals surface area (Å²) in [6.45, 7) is 4.22. The molecule has 0 aliphatic carbocycles. The molecule has 0 bridgehead atoms. The van der Waals surface area contributed by atoms with E-state index in [0.29, 0.717) is 13.0 Å². The molecule has 0 aliphatic rings. The van der Waals surface area contributed by atoms with Gasteiger partial charge in [0, 0.05) is 19.4 Å². The summed E-state index contributed by atoms with van der Waals surface area (Å²) in [5.41, 5.74) is 0. The zero-order chi connectivity index (χ0) is 40.5. The number of carbonyl (C=O) groups excluding carboxylic acids is 2. The highest BCUT2D eigenvalue weighted by atomic mass is 31.2. The molecule has 0 heterocycles. The van der Waals surface area contributed by atoms with Crippen molar-refractivity contribution in [2.45, 2.75) is 174 Å². The van der Waals surface area contributed by atoms with Gasteiger partial charge in [0.1, 0.15) is 6.61 Å². The molecule has 318 valence electrons. The molecule has 0 aromatic rings. The van der Waals surface area contributed by atoms with Crippen LogP contribution in [0, 0.1) is 0 Å². The van der Waals surface area contributed by atoms with E-state index in [1.54, 1.807) is 0 Å². The second-order valence-electron chi connectivity index (χ2n) is 14.5. The van der Waals surface area contributed by atoms with Gasteiger partial charge in [0.15, 0.2) is 6.10 Å². The lowest BCUT2D eigenvalue weighted by molar-refractivity contribution is -0.161. The van der Waals surface area contributed by atoms with E-state index in [4.69, 9.17) is 18.5 Å². The van der Waals surface area contributed by atoms with Crippen LogP contribution in [-0.4, -0.2) is 68.3 Å². The summed E-state index contributed by atoms with van der Waals surface area (Å²) in [7, 11) is -0.738. The molecule has 0 saturated carbocycles. The normalized spacial score (nSPS) is 14.0. The summed E-state index contributed by atoms with van der Waals surface area (Å²) in [5.74, 6) is -0.853. The summed E-state index contributed by atoms with van der Waals surface area (Å²) >= 11 is 0. The van der Waals surface area contributed by atoms with Crippen LogP contribution in [0.4, 0.5) is 0 Å². The van der Waals surface area contributed by atoms with E-state index in [1.807, 2.05) is 19.0 Å². The monoisotopic (exact) mass is 794 g/mol. The Morgan fingerprint density at radius 1 is 0.564 bits per heavy atom. The number of hydrogen-bond acceptors (Lipinski definition) is 8. The highest BCUT2D eigenvalue weighted by Gasteiger charge is 2.26. The van der Waals surface area contributed by atoms with Gasteiger partial charge in [-0.2, -0.15) is 0 Å². The van der Waals surface area contributed by atoms with Crippen LogP contribution in [0.25, 0.3) is 0 Å². The minimum absolute atomic E-state index is 0.00287. The maximum atomic E-state index is 12.6. The number of esters is 2. The number of allylic oxidation sites excluding steroid dienone is 10. The van der Waals surface area contributed by atoms with E-state index in [9.17, 15) is 19.0 Å². The molecule has 0 rings (SSSR count). The molecular formula is C45H80NO8P. The fourth-order valence-electron chi connectivity index (χ4n) is 5.43. The average Bonchev–Trinajstić information content (AvgIpc) is 3.15. The van der Waals surface area contributed by atoms with E-state index in [1.165, 1.54) is 57.8 Å². The quantitative estimate of drug-likeness (QED) is 0.0281. The van der Waals surface area contributed by atoms with Gasteiger partial charge in [-0.25, -0.2) is 4.57 Å². The first-order valence-corrected chi connectivity index (χ1v) is 23.1. The SMILES string of the molecule is CCCCC/C=C\C/C=C\C/C=C\C/C=C\CCCCCC(=O)OC(COC(=O)CCCCCCC/C=C\CCCCCC)COP(=O)(O)OCCN(C)C. The number of likely N-dealkylation sites (N-methyl/N-ethyl adjacent to an activating group) is 1. The zero-order valence-corrected chi connectivity index (χ0v) is 36.2. The molecule has 0 aromatic heterocycles. The zero-order valence-electron chi connectivity index (χ0n) is 35.3. The fourth-order valence-corrected chi connectivity index (χ4v) is 6.17. The molecule has 2 atom stereocenters. The van der Waals surface area contributed by atoms with Crippen molar-refractivity contribution in [2.75, 3.05) is 40.5 Å². The largest absolute Gasteiger partial charge is 0.472 e. The van der Waals surface area contributed by atoms with Crippen molar-refractivity contribution >= 4 is 19.8 Å². The number of phosphoric ester groups is 1. The number of hydrogen-bond donors (Lipinski definition) is 1. The van der Waals surface area contributed by atoms with Crippen LogP contribution in [0.3, 0.4) is 0 Å². The number of ether oxygens (including phenoxy) is 2. The van der Waals surface area contributed by atoms with Crippen molar-refractivity contribution in [2.24, 2.45) is 0 Å². The third-order valence-corrected chi connectivity index (χ3v) is 9.78. The lowest BCUT2D eigenvalue weighted by Gasteiger charge is -2.20. The molecule has 0 fully saturated rings. The van der Waals surface area contributed by atoms with Crippen LogP contribution in [0.15, 0.2) is 60.8 Å². The maximum absolute atomic E-state index is 12.6. The van der Waals surface area contributed by atoms with Crippen LogP contribution in [-0.2, 0) is 32.7 Å². The second kappa shape index (κ2) is 39.9. The van der Waals surface area contributed by atoms with Gasteiger partial charge < -0.3 is 19.3 Å². The summed E-state index contributed by atoms with van der Waals surface area (Å²) < 4.78 is 33.4. The van der Waals surface area contributed by atoms with Gasteiger partial charge in [-0.15, -0.1) is 0 Å². The van der Waals surface area contributed by atoms with Gasteiger partial charge in [0.05, 0.1) is 13.2 Å². The Labute approximate surface area is 336 Å². The minimum atomic E-state index is -4.37. The minimum Gasteiger partial charge on any atom is -0.462 e. The number of unbranched alkanes of at least 4 members (excludes halogenated alkanes) is 15. The summed E-state index contributed by atoms with van der Waals surface area (Å²) in [6, 6.07) is 0. The van der Waals surface area contributed by atoms with Crippen LogP contribution in [0.1, 0.15) is 168 Å². The van der Waals surface area contributed by atoms with Crippen molar-refractivity contribution in [3.8, 4) is 0 Å². The molecule has 0 aliphatic heterocycles. The van der Waals surface area contributed by atoms with E-state index in [-0.39, 0.29) is 26.1 Å². The summed E-state index contributed by atoms with van der Waals surface area (Å²) in [5, 5.41) is 0. The topological polar surface area (TPSA) is 112 Å². The standard InChI is InChI=1S/C45H80NO8P/c1-5-7-9-11-13-15-17-19-20-21-22-23-24-26-28-30-32-34-36-38-45(48)54-43(42-53-55(49,50)52-40-39-46(3)4)41-51-44(47)37-35-33-31-29-27-25-18-16-14-12-10-8-6-2/h13,15-16,18-20,22-23,26,28,43H,5-12,14,17,21,24-25,27,29-42H2,1-4H3,(H,49,50)/b15-13-,18-16-,20-19-,23-22-,28-26-. The second-order valence-corrected chi connectivity index (χ2v) is 16.0. The van der Waals surface area contributed by atoms with Crippen LogP contribution in [0.2, 0.25) is 0 Å². The Bertz CT molecular complexity index is 1100. The van der Waals surface area contributed by atoms with Crippen molar-refractivity contribution in [1.29, 1.82) is 0 Å². The summed E-state index contributed by atoms with van der Waals surface area (Å²) in [6.07, 6.45) is 45.5. The number of carbonyl (C=O) groups is 2. The Balaban J connectivity index is 4.39. The highest BCUT2D eigenvalue weighted by Crippen LogP contribution is 2.43. The van der Waals surface area contributed by atoms with Gasteiger partial charge in [0.2, 0.25) is 0 Å². The molecule has 0 saturated heterocycles. The molecule has 0 spiro atoms. The predicted molar refractivity (Wildman–Crippen MR) is 229 cm³/mol. The molecule has 0 amide bonds. The van der Waals surface area contributed by atoms with Gasteiger partial charge >= 0.3 is 19.8 Å². The Hall–Kier alpha value is -2.29. The molecule has 9 nitrogen and oxygen atoms in total. The van der Waals surface area contributed by atoms with Crippen LogP contribution >= 0.6 is 7.82 Å². The smallest absolute Gasteiger partial charge is 0.462 e.